The number of nitrogens with one attached hydrogen (secondary N) is 2. The fourth-order valence-corrected chi connectivity index (χ4v) is 4.02. The number of hydrogen-bond donors (Lipinski definition) is 2. The van der Waals surface area contributed by atoms with E-state index in [2.05, 4.69) is 44.8 Å². The normalized spacial score (nSPS) is 17.8. The highest BCUT2D eigenvalue weighted by molar-refractivity contribution is 14.0. The van der Waals surface area contributed by atoms with Crippen LogP contribution in [0, 0.1) is 5.92 Å². The number of ether oxygens (including phenoxy) is 2. The van der Waals surface area contributed by atoms with Gasteiger partial charge >= 0.3 is 0 Å². The van der Waals surface area contributed by atoms with Crippen molar-refractivity contribution in [2.24, 2.45) is 10.9 Å². The molecule has 0 aliphatic carbocycles. The van der Waals surface area contributed by atoms with Gasteiger partial charge in [0.2, 0.25) is 0 Å². The Hall–Kier alpha value is -0.900. The van der Waals surface area contributed by atoms with E-state index in [1.165, 1.54) is 17.5 Å². The van der Waals surface area contributed by atoms with Crippen LogP contribution in [0.2, 0.25) is 0 Å². The summed E-state index contributed by atoms with van der Waals surface area (Å²) in [6, 6.07) is 8.82. The van der Waals surface area contributed by atoms with Crippen LogP contribution in [0.1, 0.15) is 36.8 Å². The van der Waals surface area contributed by atoms with Gasteiger partial charge in [0.1, 0.15) is 0 Å². The topological polar surface area (TPSA) is 58.1 Å². The van der Waals surface area contributed by atoms with Gasteiger partial charge in [-0.2, -0.15) is 0 Å². The minimum Gasteiger partial charge on any atom is -0.381 e. The van der Waals surface area contributed by atoms with Crippen molar-refractivity contribution < 1.29 is 9.47 Å². The first-order chi connectivity index (χ1) is 14.3. The number of rotatable bonds is 10. The zero-order chi connectivity index (χ0) is 20.2. The molecule has 0 atom stereocenters. The maximum atomic E-state index is 5.82. The smallest absolute Gasteiger partial charge is 0.190 e. The second-order valence-corrected chi connectivity index (χ2v) is 8.06. The fraction of sp³-hybridized carbons (Fsp3) is 0.696. The molecule has 2 heterocycles. The molecule has 170 valence electrons. The summed E-state index contributed by atoms with van der Waals surface area (Å²) in [5, 5.41) is 6.81. The standard InChI is InChI=1S/C23H38N4O2.HI/c1-24-23(26-12-5-15-29-19-20-9-16-28-17-10-20)25-11-4-13-27-14-8-21-6-2-3-7-22(21)18-27;/h2-3,6-7,20H,4-5,8-19H2,1H3,(H2,24,25,26);1H. The van der Waals surface area contributed by atoms with Crippen molar-refractivity contribution in [2.45, 2.75) is 38.6 Å². The quantitative estimate of drug-likeness (QED) is 0.211. The number of halogens is 1. The molecule has 1 saturated heterocycles. The van der Waals surface area contributed by atoms with Crippen LogP contribution in [0.3, 0.4) is 0 Å². The van der Waals surface area contributed by atoms with Crippen molar-refractivity contribution in [3.05, 3.63) is 35.4 Å². The zero-order valence-electron chi connectivity index (χ0n) is 18.4. The third-order valence-corrected chi connectivity index (χ3v) is 5.83. The summed E-state index contributed by atoms with van der Waals surface area (Å²) < 4.78 is 11.2. The molecule has 1 fully saturated rings. The largest absolute Gasteiger partial charge is 0.381 e. The van der Waals surface area contributed by atoms with Gasteiger partial charge in [0.25, 0.3) is 0 Å². The van der Waals surface area contributed by atoms with E-state index in [1.54, 1.807) is 0 Å². The van der Waals surface area contributed by atoms with Crippen molar-refractivity contribution >= 4 is 29.9 Å². The molecule has 0 spiro atoms. The highest BCUT2D eigenvalue weighted by atomic mass is 127. The summed E-state index contributed by atoms with van der Waals surface area (Å²) in [5.74, 6) is 1.57. The molecule has 2 aliphatic rings. The van der Waals surface area contributed by atoms with E-state index < -0.39 is 0 Å². The Bertz CT molecular complexity index is 623. The molecule has 2 aliphatic heterocycles. The van der Waals surface area contributed by atoms with Gasteiger partial charge in [-0.05, 0) is 49.1 Å². The van der Waals surface area contributed by atoms with E-state index >= 15 is 0 Å². The molecule has 30 heavy (non-hydrogen) atoms. The van der Waals surface area contributed by atoms with Crippen LogP contribution < -0.4 is 10.6 Å². The van der Waals surface area contributed by atoms with Crippen molar-refractivity contribution in [2.75, 3.05) is 59.7 Å². The number of guanidine groups is 1. The highest BCUT2D eigenvalue weighted by Gasteiger charge is 2.15. The average molecular weight is 530 g/mol. The summed E-state index contributed by atoms with van der Waals surface area (Å²) >= 11 is 0. The molecular formula is C23H39IN4O2. The lowest BCUT2D eigenvalue weighted by atomic mass is 10.00. The van der Waals surface area contributed by atoms with Gasteiger partial charge < -0.3 is 20.1 Å². The summed E-state index contributed by atoms with van der Waals surface area (Å²) in [6.45, 7) is 8.65. The Labute approximate surface area is 199 Å². The third kappa shape index (κ3) is 9.08. The molecule has 3 rings (SSSR count). The van der Waals surface area contributed by atoms with E-state index in [1.807, 2.05) is 7.05 Å². The van der Waals surface area contributed by atoms with E-state index in [4.69, 9.17) is 9.47 Å². The Balaban J connectivity index is 0.00000320. The van der Waals surface area contributed by atoms with Gasteiger partial charge in [0, 0.05) is 66.2 Å². The summed E-state index contributed by atoms with van der Waals surface area (Å²) in [5.41, 5.74) is 3.01. The number of fused-ring (bicyclic) bond motifs is 1. The van der Waals surface area contributed by atoms with E-state index in [9.17, 15) is 0 Å². The lowest BCUT2D eigenvalue weighted by Gasteiger charge is -2.28. The second kappa shape index (κ2) is 15.0. The first-order valence-electron chi connectivity index (χ1n) is 11.2. The lowest BCUT2D eigenvalue weighted by Crippen LogP contribution is -2.40. The van der Waals surface area contributed by atoms with E-state index in [0.29, 0.717) is 5.92 Å². The molecule has 7 heteroatoms. The molecular weight excluding hydrogens is 491 g/mol. The second-order valence-electron chi connectivity index (χ2n) is 8.06. The number of hydrogen-bond acceptors (Lipinski definition) is 4. The van der Waals surface area contributed by atoms with Gasteiger partial charge in [-0.15, -0.1) is 24.0 Å². The van der Waals surface area contributed by atoms with Gasteiger partial charge in [0.05, 0.1) is 0 Å². The first-order valence-corrected chi connectivity index (χ1v) is 11.2. The number of nitrogens with zero attached hydrogens (tertiary/aromatic N) is 2. The fourth-order valence-electron chi connectivity index (χ4n) is 4.02. The molecule has 0 aromatic heterocycles. The van der Waals surface area contributed by atoms with Crippen LogP contribution in [0.25, 0.3) is 0 Å². The molecule has 1 aromatic carbocycles. The van der Waals surface area contributed by atoms with E-state index in [0.717, 1.165) is 90.8 Å². The minimum atomic E-state index is 0. The predicted octanol–water partition coefficient (Wildman–Crippen LogP) is 3.05. The molecule has 0 bridgehead atoms. The number of benzene rings is 1. The lowest BCUT2D eigenvalue weighted by molar-refractivity contribution is 0.0203. The molecule has 0 radical (unpaired) electrons. The van der Waals surface area contributed by atoms with Gasteiger partial charge in [-0.3, -0.25) is 9.89 Å². The minimum absolute atomic E-state index is 0. The summed E-state index contributed by atoms with van der Waals surface area (Å²) in [7, 11) is 1.83. The van der Waals surface area contributed by atoms with Gasteiger partial charge in [-0.25, -0.2) is 0 Å². The maximum absolute atomic E-state index is 5.82. The van der Waals surface area contributed by atoms with Crippen LogP contribution >= 0.6 is 24.0 Å². The Kier molecular flexibility index (Phi) is 12.7. The summed E-state index contributed by atoms with van der Waals surface area (Å²) in [6.07, 6.45) is 5.56. The van der Waals surface area contributed by atoms with Crippen LogP contribution in [0.5, 0.6) is 0 Å². The first kappa shape index (κ1) is 25.4. The van der Waals surface area contributed by atoms with Crippen molar-refractivity contribution in [1.82, 2.24) is 15.5 Å². The molecule has 1 aromatic rings. The summed E-state index contributed by atoms with van der Waals surface area (Å²) in [4.78, 5) is 6.87. The third-order valence-electron chi connectivity index (χ3n) is 5.83. The van der Waals surface area contributed by atoms with Crippen molar-refractivity contribution in [3.63, 3.8) is 0 Å². The Morgan fingerprint density at radius 1 is 1.13 bits per heavy atom. The van der Waals surface area contributed by atoms with Gasteiger partial charge in [0.15, 0.2) is 5.96 Å². The molecule has 2 N–H and O–H groups in total. The molecule has 0 saturated carbocycles. The van der Waals surface area contributed by atoms with Crippen LogP contribution in [-0.2, 0) is 22.4 Å². The molecule has 6 nitrogen and oxygen atoms in total. The van der Waals surface area contributed by atoms with Crippen molar-refractivity contribution in [1.29, 1.82) is 0 Å². The maximum Gasteiger partial charge on any atom is 0.190 e. The molecule has 0 amide bonds. The SMILES string of the molecule is CN=C(NCCCOCC1CCOCC1)NCCCN1CCc2ccccc2C1.I. The predicted molar refractivity (Wildman–Crippen MR) is 134 cm³/mol. The molecule has 0 unspecified atom stereocenters. The van der Waals surface area contributed by atoms with Crippen LogP contribution in [-0.4, -0.2) is 70.5 Å². The number of aliphatic imine (C=N–C) groups is 1. The monoisotopic (exact) mass is 530 g/mol. The zero-order valence-corrected chi connectivity index (χ0v) is 20.7. The van der Waals surface area contributed by atoms with Crippen LogP contribution in [0.15, 0.2) is 29.3 Å². The van der Waals surface area contributed by atoms with Gasteiger partial charge in [-0.1, -0.05) is 24.3 Å². The highest BCUT2D eigenvalue weighted by Crippen LogP contribution is 2.18. The van der Waals surface area contributed by atoms with E-state index in [-0.39, 0.29) is 24.0 Å². The van der Waals surface area contributed by atoms with Crippen LogP contribution in [0.4, 0.5) is 0 Å². The average Bonchev–Trinajstić information content (AvgIpc) is 2.78. The van der Waals surface area contributed by atoms with Crippen molar-refractivity contribution in [3.8, 4) is 0 Å². The Morgan fingerprint density at radius 2 is 1.87 bits per heavy atom. The Morgan fingerprint density at radius 3 is 2.63 bits per heavy atom.